The number of rotatable bonds is 2. The molecule has 72 valence electrons. The Balaban J connectivity index is 2.23. The molecule has 0 amide bonds. The molecule has 1 fully saturated rings. The van der Waals surface area contributed by atoms with Crippen LogP contribution < -0.4 is 5.32 Å². The Morgan fingerprint density at radius 3 is 2.58 bits per heavy atom. The summed E-state index contributed by atoms with van der Waals surface area (Å²) in [6, 6.07) is 0. The van der Waals surface area contributed by atoms with E-state index in [-0.39, 0.29) is 0 Å². The highest BCUT2D eigenvalue weighted by molar-refractivity contribution is 4.76. The lowest BCUT2D eigenvalue weighted by molar-refractivity contribution is -0.194. The average molecular weight is 185 g/mol. The lowest BCUT2D eigenvalue weighted by atomic mass is 10.3. The molecule has 0 saturated carbocycles. The highest BCUT2D eigenvalue weighted by Gasteiger charge is 2.32. The van der Waals surface area contributed by atoms with Crippen LogP contribution in [0.15, 0.2) is 0 Å². The molecule has 12 heavy (non-hydrogen) atoms. The van der Waals surface area contributed by atoms with E-state index in [0.717, 1.165) is 0 Å². The summed E-state index contributed by atoms with van der Waals surface area (Å²) >= 11 is 0. The van der Waals surface area contributed by atoms with Crippen LogP contribution in [0.4, 0.5) is 13.2 Å². The predicted octanol–water partition coefficient (Wildman–Crippen LogP) is 0.246. The summed E-state index contributed by atoms with van der Waals surface area (Å²) in [6.07, 6.45) is -5.59. The Labute approximate surface area is 67.5 Å². The minimum absolute atomic E-state index is 0.433. The van der Waals surface area contributed by atoms with Gasteiger partial charge in [0, 0.05) is 6.54 Å². The van der Waals surface area contributed by atoms with Gasteiger partial charge in [-0.25, -0.2) is 0 Å². The average Bonchev–Trinajstić information content (AvgIpc) is 2.29. The maximum absolute atomic E-state index is 11.6. The van der Waals surface area contributed by atoms with Gasteiger partial charge >= 0.3 is 6.18 Å². The summed E-state index contributed by atoms with van der Waals surface area (Å²) in [6.45, 7) is -0.828. The smallest absolute Gasteiger partial charge is 0.389 e. The maximum atomic E-state index is 11.6. The third-order valence-electron chi connectivity index (χ3n) is 1.56. The summed E-state index contributed by atoms with van der Waals surface area (Å²) in [5.74, 6) is 0. The van der Waals surface area contributed by atoms with Gasteiger partial charge in [-0.1, -0.05) is 0 Å². The number of aliphatic hydroxyl groups excluding tert-OH is 1. The zero-order valence-electron chi connectivity index (χ0n) is 6.27. The minimum atomic E-state index is -4.33. The molecule has 0 aromatic rings. The fourth-order valence-corrected chi connectivity index (χ4v) is 1.02. The fourth-order valence-electron chi connectivity index (χ4n) is 1.02. The van der Waals surface area contributed by atoms with Crippen molar-refractivity contribution >= 4 is 0 Å². The Morgan fingerprint density at radius 1 is 1.50 bits per heavy atom. The third-order valence-corrected chi connectivity index (χ3v) is 1.56. The van der Waals surface area contributed by atoms with Crippen LogP contribution in [-0.4, -0.2) is 36.8 Å². The second-order valence-corrected chi connectivity index (χ2v) is 2.66. The molecule has 2 atom stereocenters. The molecule has 1 rings (SSSR count). The van der Waals surface area contributed by atoms with Gasteiger partial charge in [0.05, 0.1) is 6.10 Å². The summed E-state index contributed by atoms with van der Waals surface area (Å²) in [7, 11) is 0. The predicted molar refractivity (Wildman–Crippen MR) is 34.4 cm³/mol. The number of halogens is 3. The van der Waals surface area contributed by atoms with Crippen molar-refractivity contribution in [3.63, 3.8) is 0 Å². The van der Waals surface area contributed by atoms with Crippen LogP contribution >= 0.6 is 0 Å². The van der Waals surface area contributed by atoms with Gasteiger partial charge in [0.1, 0.15) is 12.8 Å². The van der Waals surface area contributed by atoms with Crippen molar-refractivity contribution in [2.24, 2.45) is 0 Å². The van der Waals surface area contributed by atoms with E-state index in [1.165, 1.54) is 0 Å². The van der Waals surface area contributed by atoms with Gasteiger partial charge in [-0.2, -0.15) is 13.2 Å². The summed E-state index contributed by atoms with van der Waals surface area (Å²) in [4.78, 5) is 0. The van der Waals surface area contributed by atoms with E-state index in [0.29, 0.717) is 13.0 Å². The van der Waals surface area contributed by atoms with E-state index in [9.17, 15) is 13.2 Å². The van der Waals surface area contributed by atoms with Crippen molar-refractivity contribution in [1.82, 2.24) is 5.32 Å². The molecule has 3 nitrogen and oxygen atoms in total. The quantitative estimate of drug-likeness (QED) is 0.647. The highest BCUT2D eigenvalue weighted by Crippen LogP contribution is 2.17. The van der Waals surface area contributed by atoms with Crippen LogP contribution in [0, 0.1) is 0 Å². The van der Waals surface area contributed by atoms with E-state index in [1.54, 1.807) is 0 Å². The lowest BCUT2D eigenvalue weighted by Crippen LogP contribution is -2.36. The molecule has 1 heterocycles. The van der Waals surface area contributed by atoms with Gasteiger partial charge in [0.2, 0.25) is 0 Å². The SMILES string of the molecule is OC1CCNC1OCC(F)(F)F. The first-order valence-electron chi connectivity index (χ1n) is 3.59. The van der Waals surface area contributed by atoms with Crippen molar-refractivity contribution < 1.29 is 23.0 Å². The van der Waals surface area contributed by atoms with Crippen LogP contribution in [-0.2, 0) is 4.74 Å². The number of hydrogen-bond donors (Lipinski definition) is 2. The molecule has 1 aliphatic rings. The van der Waals surface area contributed by atoms with Crippen molar-refractivity contribution in [2.45, 2.75) is 24.9 Å². The van der Waals surface area contributed by atoms with Crippen LogP contribution in [0.1, 0.15) is 6.42 Å². The molecule has 2 unspecified atom stereocenters. The van der Waals surface area contributed by atoms with E-state index < -0.39 is 25.1 Å². The van der Waals surface area contributed by atoms with Gasteiger partial charge in [0.25, 0.3) is 0 Å². The zero-order chi connectivity index (χ0) is 9.19. The molecular formula is C6H10F3NO2. The van der Waals surface area contributed by atoms with Gasteiger partial charge < -0.3 is 9.84 Å². The molecule has 0 radical (unpaired) electrons. The molecule has 0 aliphatic carbocycles. The van der Waals surface area contributed by atoms with E-state index >= 15 is 0 Å². The number of alkyl halides is 3. The molecule has 2 N–H and O–H groups in total. The zero-order valence-corrected chi connectivity index (χ0v) is 6.27. The first kappa shape index (κ1) is 9.76. The van der Waals surface area contributed by atoms with E-state index in [1.807, 2.05) is 0 Å². The lowest BCUT2D eigenvalue weighted by Gasteiger charge is -2.16. The van der Waals surface area contributed by atoms with Gasteiger partial charge in [-0.15, -0.1) is 0 Å². The first-order chi connectivity index (χ1) is 5.49. The summed E-state index contributed by atoms with van der Waals surface area (Å²) in [5, 5.41) is 11.6. The molecule has 0 aromatic carbocycles. The van der Waals surface area contributed by atoms with Crippen molar-refractivity contribution in [3.05, 3.63) is 0 Å². The largest absolute Gasteiger partial charge is 0.411 e. The molecule has 0 spiro atoms. The normalized spacial score (nSPS) is 31.0. The summed E-state index contributed by atoms with van der Waals surface area (Å²) in [5.41, 5.74) is 0. The maximum Gasteiger partial charge on any atom is 0.411 e. The molecule has 1 aliphatic heterocycles. The number of aliphatic hydroxyl groups is 1. The molecule has 0 bridgehead atoms. The fraction of sp³-hybridized carbons (Fsp3) is 1.00. The van der Waals surface area contributed by atoms with Crippen molar-refractivity contribution in [2.75, 3.05) is 13.2 Å². The second kappa shape index (κ2) is 3.59. The second-order valence-electron chi connectivity index (χ2n) is 2.66. The molecular weight excluding hydrogens is 175 g/mol. The Kier molecular flexibility index (Phi) is 2.92. The van der Waals surface area contributed by atoms with Crippen LogP contribution in [0.25, 0.3) is 0 Å². The van der Waals surface area contributed by atoms with E-state index in [4.69, 9.17) is 5.11 Å². The Bertz CT molecular complexity index is 150. The number of nitrogens with one attached hydrogen (secondary N) is 1. The van der Waals surface area contributed by atoms with Crippen LogP contribution in [0.2, 0.25) is 0 Å². The Hall–Kier alpha value is -0.330. The molecule has 6 heteroatoms. The van der Waals surface area contributed by atoms with Crippen LogP contribution in [0.5, 0.6) is 0 Å². The molecule has 0 aromatic heterocycles. The molecule has 1 saturated heterocycles. The van der Waals surface area contributed by atoms with E-state index in [2.05, 4.69) is 10.1 Å². The minimum Gasteiger partial charge on any atom is -0.389 e. The summed E-state index contributed by atoms with van der Waals surface area (Å²) < 4.78 is 39.2. The topological polar surface area (TPSA) is 41.5 Å². The van der Waals surface area contributed by atoms with Gasteiger partial charge in [-0.3, -0.25) is 5.32 Å². The van der Waals surface area contributed by atoms with Crippen LogP contribution in [0.3, 0.4) is 0 Å². The number of hydrogen-bond acceptors (Lipinski definition) is 3. The standard InChI is InChI=1S/C6H10F3NO2/c7-6(8,9)3-12-5-4(11)1-2-10-5/h4-5,10-11H,1-3H2. The Morgan fingerprint density at radius 2 is 2.17 bits per heavy atom. The van der Waals surface area contributed by atoms with Crippen molar-refractivity contribution in [1.29, 1.82) is 0 Å². The first-order valence-corrected chi connectivity index (χ1v) is 3.59. The monoisotopic (exact) mass is 185 g/mol. The highest BCUT2D eigenvalue weighted by atomic mass is 19.4. The van der Waals surface area contributed by atoms with Gasteiger partial charge in [-0.05, 0) is 6.42 Å². The third kappa shape index (κ3) is 2.96. The van der Waals surface area contributed by atoms with Crippen molar-refractivity contribution in [3.8, 4) is 0 Å². The number of ether oxygens (including phenoxy) is 1. The van der Waals surface area contributed by atoms with Gasteiger partial charge in [0.15, 0.2) is 0 Å².